The molecule has 1 atom stereocenters. The van der Waals surface area contributed by atoms with Gasteiger partial charge in [0.1, 0.15) is 0 Å². The van der Waals surface area contributed by atoms with Crippen molar-refractivity contribution < 1.29 is 8.78 Å². The quantitative estimate of drug-likeness (QED) is 0.815. The summed E-state index contributed by atoms with van der Waals surface area (Å²) in [5, 5.41) is 3.27. The summed E-state index contributed by atoms with van der Waals surface area (Å²) in [7, 11) is 1.86. The minimum absolute atomic E-state index is 0.0531. The molecular formula is C17H25F2N. The standard InChI is InChI=1S/C17H25F2N/c1-12(2)11-17(9-4-5-10-17)16(20-3)13-7-6-8-14(18)15(13)19/h6-8,12,16,20H,4-5,9-11H2,1-3H3. The van der Waals surface area contributed by atoms with Crippen LogP contribution >= 0.6 is 0 Å². The largest absolute Gasteiger partial charge is 0.312 e. The molecular weight excluding hydrogens is 256 g/mol. The molecule has 1 saturated carbocycles. The van der Waals surface area contributed by atoms with Crippen molar-refractivity contribution in [2.24, 2.45) is 11.3 Å². The van der Waals surface area contributed by atoms with Gasteiger partial charge in [0.05, 0.1) is 0 Å². The Hall–Kier alpha value is -0.960. The summed E-state index contributed by atoms with van der Waals surface area (Å²) < 4.78 is 27.7. The van der Waals surface area contributed by atoms with Gasteiger partial charge in [-0.2, -0.15) is 0 Å². The fourth-order valence-corrected chi connectivity index (χ4v) is 4.04. The summed E-state index contributed by atoms with van der Waals surface area (Å²) in [6.07, 6.45) is 5.59. The number of halogens is 2. The van der Waals surface area contributed by atoms with Gasteiger partial charge < -0.3 is 5.32 Å². The average molecular weight is 281 g/mol. The summed E-state index contributed by atoms with van der Waals surface area (Å²) in [5.74, 6) is -0.886. The molecule has 1 nitrogen and oxygen atoms in total. The van der Waals surface area contributed by atoms with Crippen molar-refractivity contribution in [3.63, 3.8) is 0 Å². The first-order valence-corrected chi connectivity index (χ1v) is 7.61. The van der Waals surface area contributed by atoms with Crippen molar-refractivity contribution in [1.82, 2.24) is 5.32 Å². The highest BCUT2D eigenvalue weighted by atomic mass is 19.2. The van der Waals surface area contributed by atoms with Gasteiger partial charge in [-0.15, -0.1) is 0 Å². The first kappa shape index (κ1) is 15.4. The summed E-state index contributed by atoms with van der Waals surface area (Å²) in [5.41, 5.74) is 0.535. The lowest BCUT2D eigenvalue weighted by Crippen LogP contribution is -2.36. The van der Waals surface area contributed by atoms with Crippen molar-refractivity contribution in [2.45, 2.75) is 52.0 Å². The van der Waals surface area contributed by atoms with Crippen LogP contribution in [0, 0.1) is 23.0 Å². The van der Waals surface area contributed by atoms with Gasteiger partial charge in [0.2, 0.25) is 0 Å². The van der Waals surface area contributed by atoms with Gasteiger partial charge in [-0.25, -0.2) is 8.78 Å². The Balaban J connectivity index is 2.40. The van der Waals surface area contributed by atoms with E-state index in [9.17, 15) is 8.78 Å². The van der Waals surface area contributed by atoms with E-state index in [2.05, 4.69) is 19.2 Å². The minimum Gasteiger partial charge on any atom is -0.312 e. The molecule has 0 heterocycles. The highest BCUT2D eigenvalue weighted by Gasteiger charge is 2.42. The third kappa shape index (κ3) is 2.88. The predicted octanol–water partition coefficient (Wildman–Crippen LogP) is 4.83. The number of rotatable bonds is 5. The topological polar surface area (TPSA) is 12.0 Å². The maximum absolute atomic E-state index is 14.2. The van der Waals surface area contributed by atoms with Crippen molar-refractivity contribution in [3.8, 4) is 0 Å². The molecule has 0 amide bonds. The Labute approximate surface area is 120 Å². The van der Waals surface area contributed by atoms with Crippen molar-refractivity contribution in [2.75, 3.05) is 7.05 Å². The van der Waals surface area contributed by atoms with E-state index in [1.807, 2.05) is 7.05 Å². The summed E-state index contributed by atoms with van der Waals surface area (Å²) in [6.45, 7) is 4.41. The minimum atomic E-state index is -0.750. The van der Waals surface area contributed by atoms with Crippen LogP contribution in [0.2, 0.25) is 0 Å². The molecule has 0 aliphatic heterocycles. The molecule has 0 aromatic heterocycles. The molecule has 1 N–H and O–H groups in total. The Morgan fingerprint density at radius 2 is 1.85 bits per heavy atom. The molecule has 1 aliphatic carbocycles. The van der Waals surface area contributed by atoms with Crippen LogP contribution in [-0.2, 0) is 0 Å². The Bertz CT molecular complexity index is 450. The Morgan fingerprint density at radius 3 is 2.40 bits per heavy atom. The SMILES string of the molecule is CNC(c1cccc(F)c1F)C1(CC(C)C)CCCC1. The maximum Gasteiger partial charge on any atom is 0.163 e. The van der Waals surface area contributed by atoms with Gasteiger partial charge in [-0.3, -0.25) is 0 Å². The zero-order chi connectivity index (χ0) is 14.8. The van der Waals surface area contributed by atoms with E-state index in [-0.39, 0.29) is 11.5 Å². The van der Waals surface area contributed by atoms with Crippen LogP contribution in [0.4, 0.5) is 8.78 Å². The van der Waals surface area contributed by atoms with E-state index < -0.39 is 11.6 Å². The fraction of sp³-hybridized carbons (Fsp3) is 0.647. The van der Waals surface area contributed by atoms with E-state index in [0.717, 1.165) is 19.3 Å². The molecule has 2 rings (SSSR count). The molecule has 20 heavy (non-hydrogen) atoms. The highest BCUT2D eigenvalue weighted by molar-refractivity contribution is 5.25. The lowest BCUT2D eigenvalue weighted by atomic mass is 9.70. The van der Waals surface area contributed by atoms with Crippen LogP contribution in [-0.4, -0.2) is 7.05 Å². The van der Waals surface area contributed by atoms with Crippen LogP contribution in [0.25, 0.3) is 0 Å². The van der Waals surface area contributed by atoms with Gasteiger partial charge in [0.25, 0.3) is 0 Å². The highest BCUT2D eigenvalue weighted by Crippen LogP contribution is 2.51. The molecule has 1 aromatic rings. The number of hydrogen-bond acceptors (Lipinski definition) is 1. The lowest BCUT2D eigenvalue weighted by molar-refractivity contribution is 0.158. The normalized spacial score (nSPS) is 19.5. The average Bonchev–Trinajstić information content (AvgIpc) is 2.83. The second-order valence-corrected chi connectivity index (χ2v) is 6.53. The number of nitrogens with one attached hydrogen (secondary N) is 1. The van der Waals surface area contributed by atoms with Gasteiger partial charge in [-0.05, 0) is 43.7 Å². The summed E-state index contributed by atoms with van der Waals surface area (Å²) in [6, 6.07) is 4.41. The Kier molecular flexibility index (Phi) is 4.79. The zero-order valence-electron chi connectivity index (χ0n) is 12.7. The third-order valence-electron chi connectivity index (χ3n) is 4.61. The second kappa shape index (κ2) is 6.21. The van der Waals surface area contributed by atoms with Crippen LogP contribution in [0.1, 0.15) is 57.6 Å². The van der Waals surface area contributed by atoms with Crippen LogP contribution in [0.15, 0.2) is 18.2 Å². The Morgan fingerprint density at radius 1 is 1.20 bits per heavy atom. The fourth-order valence-electron chi connectivity index (χ4n) is 4.04. The van der Waals surface area contributed by atoms with Crippen LogP contribution < -0.4 is 5.32 Å². The van der Waals surface area contributed by atoms with Crippen molar-refractivity contribution in [3.05, 3.63) is 35.4 Å². The predicted molar refractivity (Wildman–Crippen MR) is 78.5 cm³/mol. The molecule has 1 unspecified atom stereocenters. The molecule has 1 aromatic carbocycles. The van der Waals surface area contributed by atoms with E-state index >= 15 is 0 Å². The molecule has 1 aliphatic rings. The lowest BCUT2D eigenvalue weighted by Gasteiger charge is -2.39. The van der Waals surface area contributed by atoms with Gasteiger partial charge in [0.15, 0.2) is 11.6 Å². The van der Waals surface area contributed by atoms with Crippen molar-refractivity contribution >= 4 is 0 Å². The van der Waals surface area contributed by atoms with E-state index in [1.54, 1.807) is 12.1 Å². The van der Waals surface area contributed by atoms with Crippen LogP contribution in [0.3, 0.4) is 0 Å². The number of benzene rings is 1. The zero-order valence-corrected chi connectivity index (χ0v) is 12.7. The first-order chi connectivity index (χ1) is 9.50. The van der Waals surface area contributed by atoms with Gasteiger partial charge >= 0.3 is 0 Å². The smallest absolute Gasteiger partial charge is 0.163 e. The molecule has 0 radical (unpaired) electrons. The number of hydrogen-bond donors (Lipinski definition) is 1. The summed E-state index contributed by atoms with van der Waals surface area (Å²) >= 11 is 0. The molecule has 112 valence electrons. The molecule has 3 heteroatoms. The van der Waals surface area contributed by atoms with E-state index in [1.165, 1.54) is 18.9 Å². The van der Waals surface area contributed by atoms with E-state index in [0.29, 0.717) is 11.5 Å². The molecule has 0 spiro atoms. The van der Waals surface area contributed by atoms with Gasteiger partial charge in [-0.1, -0.05) is 38.8 Å². The monoisotopic (exact) mass is 281 g/mol. The molecule has 0 saturated heterocycles. The van der Waals surface area contributed by atoms with Gasteiger partial charge in [0, 0.05) is 11.6 Å². The van der Waals surface area contributed by atoms with E-state index in [4.69, 9.17) is 0 Å². The third-order valence-corrected chi connectivity index (χ3v) is 4.61. The maximum atomic E-state index is 14.2. The molecule has 0 bridgehead atoms. The van der Waals surface area contributed by atoms with Crippen molar-refractivity contribution in [1.29, 1.82) is 0 Å². The molecule has 1 fully saturated rings. The van der Waals surface area contributed by atoms with Crippen LogP contribution in [0.5, 0.6) is 0 Å². The first-order valence-electron chi connectivity index (χ1n) is 7.61. The second-order valence-electron chi connectivity index (χ2n) is 6.53. The summed E-state index contributed by atoms with van der Waals surface area (Å²) in [4.78, 5) is 0.